The van der Waals surface area contributed by atoms with Crippen molar-refractivity contribution >= 4 is 0 Å². The fourth-order valence-electron chi connectivity index (χ4n) is 5.09. The van der Waals surface area contributed by atoms with Gasteiger partial charge in [0.2, 0.25) is 0 Å². The van der Waals surface area contributed by atoms with Crippen molar-refractivity contribution in [3.63, 3.8) is 0 Å². The molecule has 1 aromatic rings. The molecular formula is C24H31NO. The smallest absolute Gasteiger partial charge is 0.0995 e. The molecule has 1 saturated heterocycles. The molecule has 1 aliphatic heterocycles. The number of ether oxygens (including phenoxy) is 1. The topological polar surface area (TPSA) is 12.5 Å². The largest absolute Gasteiger partial charge is 0.501 e. The highest BCUT2D eigenvalue weighted by Crippen LogP contribution is 2.47. The van der Waals surface area contributed by atoms with E-state index in [0.717, 1.165) is 25.1 Å². The van der Waals surface area contributed by atoms with Crippen molar-refractivity contribution in [2.45, 2.75) is 45.6 Å². The van der Waals surface area contributed by atoms with Gasteiger partial charge in [0, 0.05) is 30.1 Å². The number of nitrogens with zero attached hydrogens (tertiary/aromatic N) is 1. The first-order valence-corrected chi connectivity index (χ1v) is 10.1. The molecule has 0 radical (unpaired) electrons. The number of allylic oxidation sites excluding steroid dienone is 6. The van der Waals surface area contributed by atoms with E-state index >= 15 is 0 Å². The number of likely N-dealkylation sites (tertiary alicyclic amines) is 1. The summed E-state index contributed by atoms with van der Waals surface area (Å²) in [5.41, 5.74) is 4.38. The van der Waals surface area contributed by atoms with Gasteiger partial charge >= 0.3 is 0 Å². The highest BCUT2D eigenvalue weighted by atomic mass is 16.5. The highest BCUT2D eigenvalue weighted by Gasteiger charge is 2.41. The quantitative estimate of drug-likeness (QED) is 0.735. The van der Waals surface area contributed by atoms with E-state index in [0.29, 0.717) is 23.8 Å². The molecule has 0 bridgehead atoms. The van der Waals surface area contributed by atoms with Crippen LogP contribution in [0, 0.1) is 24.7 Å². The minimum Gasteiger partial charge on any atom is -0.501 e. The minimum absolute atomic E-state index is 0.533. The van der Waals surface area contributed by atoms with Crippen molar-refractivity contribution in [1.29, 1.82) is 0 Å². The van der Waals surface area contributed by atoms with E-state index in [4.69, 9.17) is 4.74 Å². The van der Waals surface area contributed by atoms with Crippen molar-refractivity contribution in [2.24, 2.45) is 17.8 Å². The Morgan fingerprint density at radius 3 is 2.69 bits per heavy atom. The van der Waals surface area contributed by atoms with Gasteiger partial charge in [-0.25, -0.2) is 0 Å². The highest BCUT2D eigenvalue weighted by molar-refractivity contribution is 5.29. The van der Waals surface area contributed by atoms with Gasteiger partial charge in [0.05, 0.1) is 12.9 Å². The molecule has 0 aromatic heterocycles. The Kier molecular flexibility index (Phi) is 4.93. The summed E-state index contributed by atoms with van der Waals surface area (Å²) < 4.78 is 5.67. The van der Waals surface area contributed by atoms with E-state index in [-0.39, 0.29) is 0 Å². The fraction of sp³-hybridized carbons (Fsp3) is 0.500. The van der Waals surface area contributed by atoms with Gasteiger partial charge in [-0.15, -0.1) is 0 Å². The molecule has 0 saturated carbocycles. The standard InChI is InChI=1S/C24H31NO/c1-17-7-10-19(11-8-17)15-16-25-18(2)9-12-21-20-5-4-6-24(26-3)22(20)13-14-23(21)25/h4-8,10-11,14,18,20-22H,9,12-13,15-16H2,1-3H3/t18?,20?,21-,22?/m0/s1. The third kappa shape index (κ3) is 3.22. The van der Waals surface area contributed by atoms with Crippen molar-refractivity contribution in [3.05, 3.63) is 71.2 Å². The number of hydrogen-bond acceptors (Lipinski definition) is 2. The molecular weight excluding hydrogens is 318 g/mol. The maximum absolute atomic E-state index is 5.67. The first-order chi connectivity index (χ1) is 12.7. The van der Waals surface area contributed by atoms with Crippen LogP contribution in [0.3, 0.4) is 0 Å². The van der Waals surface area contributed by atoms with Gasteiger partial charge in [0.15, 0.2) is 0 Å². The lowest BCUT2D eigenvalue weighted by Gasteiger charge is -2.49. The van der Waals surface area contributed by atoms with Crippen LogP contribution in [-0.4, -0.2) is 24.6 Å². The molecule has 1 heterocycles. The second kappa shape index (κ2) is 7.34. The second-order valence-corrected chi connectivity index (χ2v) is 8.17. The lowest BCUT2D eigenvalue weighted by molar-refractivity contribution is 0.112. The summed E-state index contributed by atoms with van der Waals surface area (Å²) in [6, 6.07) is 9.67. The van der Waals surface area contributed by atoms with Gasteiger partial charge in [-0.05, 0) is 57.1 Å². The summed E-state index contributed by atoms with van der Waals surface area (Å²) in [5.74, 6) is 2.95. The van der Waals surface area contributed by atoms with Crippen LogP contribution in [0.5, 0.6) is 0 Å². The van der Waals surface area contributed by atoms with Crippen LogP contribution >= 0.6 is 0 Å². The Labute approximate surface area is 158 Å². The molecule has 1 fully saturated rings. The van der Waals surface area contributed by atoms with Crippen LogP contribution in [0.4, 0.5) is 0 Å². The number of aryl methyl sites for hydroxylation is 1. The average molecular weight is 350 g/mol. The summed E-state index contributed by atoms with van der Waals surface area (Å²) >= 11 is 0. The normalized spacial score (nSPS) is 30.2. The molecule has 3 aliphatic rings. The Morgan fingerprint density at radius 2 is 1.92 bits per heavy atom. The van der Waals surface area contributed by atoms with Crippen LogP contribution in [0.15, 0.2) is 60.0 Å². The van der Waals surface area contributed by atoms with Crippen LogP contribution in [0.1, 0.15) is 37.3 Å². The molecule has 138 valence electrons. The Balaban J connectivity index is 1.52. The van der Waals surface area contributed by atoms with Gasteiger partial charge in [0.1, 0.15) is 0 Å². The van der Waals surface area contributed by atoms with E-state index in [1.165, 1.54) is 24.0 Å². The number of piperidine rings is 1. The van der Waals surface area contributed by atoms with Crippen molar-refractivity contribution < 1.29 is 4.74 Å². The monoisotopic (exact) mass is 349 g/mol. The Bertz CT molecular complexity index is 727. The maximum Gasteiger partial charge on any atom is 0.0995 e. The summed E-state index contributed by atoms with van der Waals surface area (Å²) in [6.07, 6.45) is 14.1. The molecule has 2 nitrogen and oxygen atoms in total. The van der Waals surface area contributed by atoms with Crippen LogP contribution < -0.4 is 0 Å². The van der Waals surface area contributed by atoms with Crippen molar-refractivity contribution in [2.75, 3.05) is 13.7 Å². The lowest BCUT2D eigenvalue weighted by atomic mass is 9.67. The molecule has 0 spiro atoms. The first-order valence-electron chi connectivity index (χ1n) is 10.1. The molecule has 0 N–H and O–H groups in total. The molecule has 0 amide bonds. The average Bonchev–Trinajstić information content (AvgIpc) is 2.67. The van der Waals surface area contributed by atoms with E-state index in [9.17, 15) is 0 Å². The van der Waals surface area contributed by atoms with Gasteiger partial charge in [-0.3, -0.25) is 0 Å². The summed E-state index contributed by atoms with van der Waals surface area (Å²) in [4.78, 5) is 2.70. The molecule has 2 aliphatic carbocycles. The molecule has 2 heteroatoms. The predicted molar refractivity (Wildman–Crippen MR) is 108 cm³/mol. The zero-order chi connectivity index (χ0) is 18.1. The van der Waals surface area contributed by atoms with Gasteiger partial charge in [0.25, 0.3) is 0 Å². The first kappa shape index (κ1) is 17.5. The molecule has 3 unspecified atom stereocenters. The van der Waals surface area contributed by atoms with Gasteiger partial charge in [-0.2, -0.15) is 0 Å². The fourth-order valence-corrected chi connectivity index (χ4v) is 5.09. The summed E-state index contributed by atoms with van der Waals surface area (Å²) in [7, 11) is 1.82. The third-order valence-corrected chi connectivity index (χ3v) is 6.61. The van der Waals surface area contributed by atoms with Gasteiger partial charge in [-0.1, -0.05) is 48.1 Å². The molecule has 1 aromatic carbocycles. The lowest BCUT2D eigenvalue weighted by Crippen LogP contribution is -2.46. The van der Waals surface area contributed by atoms with E-state index in [1.807, 2.05) is 7.11 Å². The van der Waals surface area contributed by atoms with Crippen molar-refractivity contribution in [3.8, 4) is 0 Å². The zero-order valence-corrected chi connectivity index (χ0v) is 16.3. The number of fused-ring (bicyclic) bond motifs is 3. The van der Waals surface area contributed by atoms with Gasteiger partial charge < -0.3 is 9.64 Å². The van der Waals surface area contributed by atoms with Crippen LogP contribution in [0.25, 0.3) is 0 Å². The number of methoxy groups -OCH3 is 1. The Hall–Kier alpha value is -1.96. The van der Waals surface area contributed by atoms with Crippen molar-refractivity contribution in [1.82, 2.24) is 4.90 Å². The van der Waals surface area contributed by atoms with E-state index in [2.05, 4.69) is 67.3 Å². The second-order valence-electron chi connectivity index (χ2n) is 8.17. The molecule has 26 heavy (non-hydrogen) atoms. The zero-order valence-electron chi connectivity index (χ0n) is 16.3. The summed E-state index contributed by atoms with van der Waals surface area (Å²) in [5, 5.41) is 0. The predicted octanol–water partition coefficient (Wildman–Crippen LogP) is 5.26. The van der Waals surface area contributed by atoms with E-state index in [1.54, 1.807) is 5.70 Å². The minimum atomic E-state index is 0.533. The number of benzene rings is 1. The number of rotatable bonds is 4. The van der Waals surface area contributed by atoms with Crippen LogP contribution in [-0.2, 0) is 11.2 Å². The summed E-state index contributed by atoms with van der Waals surface area (Å²) in [6.45, 7) is 5.68. The van der Waals surface area contributed by atoms with Crippen LogP contribution in [0.2, 0.25) is 0 Å². The SMILES string of the molecule is COC1=CC=CC2C1CC=C1[C@H]2CCC(C)N1CCc1ccc(C)cc1. The Morgan fingerprint density at radius 1 is 1.12 bits per heavy atom. The maximum atomic E-state index is 5.67. The number of hydrogen-bond donors (Lipinski definition) is 0. The molecule has 4 atom stereocenters. The van der Waals surface area contributed by atoms with E-state index < -0.39 is 0 Å². The third-order valence-electron chi connectivity index (χ3n) is 6.61. The molecule has 4 rings (SSSR count).